The molecule has 4 atom stereocenters. The summed E-state index contributed by atoms with van der Waals surface area (Å²) in [5.74, 6) is -0.642. The number of carbonyl (C=O) groups excluding carboxylic acids is 1. The summed E-state index contributed by atoms with van der Waals surface area (Å²) in [6, 6.07) is 2.16. The highest BCUT2D eigenvalue weighted by molar-refractivity contribution is 5.91. The van der Waals surface area contributed by atoms with Gasteiger partial charge in [-0.1, -0.05) is 19.1 Å². The molecule has 0 bridgehead atoms. The second kappa shape index (κ2) is 5.07. The van der Waals surface area contributed by atoms with Crippen LogP contribution in [0.25, 0.3) is 0 Å². The lowest BCUT2D eigenvalue weighted by molar-refractivity contribution is -0.179. The quantitative estimate of drug-likeness (QED) is 0.717. The fourth-order valence-electron chi connectivity index (χ4n) is 3.21. The largest absolute Gasteiger partial charge is 0.349 e. The average molecular weight is 263 g/mol. The molecule has 104 valence electrons. The van der Waals surface area contributed by atoms with Crippen molar-refractivity contribution in [3.8, 4) is 6.07 Å². The van der Waals surface area contributed by atoms with Crippen LogP contribution in [0.5, 0.6) is 0 Å². The Hall–Kier alpha value is -1.18. The van der Waals surface area contributed by atoms with E-state index in [2.05, 4.69) is 12.6 Å². The Morgan fingerprint density at radius 3 is 2.53 bits per heavy atom. The SMILES string of the molecule is C=C(C)[C@@H]1C[C@@H](C)[C@](C)(C2OCCO2)C(=O)C1C#N. The highest BCUT2D eigenvalue weighted by Crippen LogP contribution is 2.49. The minimum Gasteiger partial charge on any atom is -0.349 e. The molecule has 1 heterocycles. The lowest BCUT2D eigenvalue weighted by atomic mass is 9.58. The smallest absolute Gasteiger partial charge is 0.170 e. The zero-order chi connectivity index (χ0) is 14.2. The zero-order valence-corrected chi connectivity index (χ0v) is 11.8. The van der Waals surface area contributed by atoms with Crippen molar-refractivity contribution in [3.05, 3.63) is 12.2 Å². The summed E-state index contributed by atoms with van der Waals surface area (Å²) in [7, 11) is 0. The Morgan fingerprint density at radius 1 is 1.47 bits per heavy atom. The maximum atomic E-state index is 12.8. The van der Waals surface area contributed by atoms with E-state index in [9.17, 15) is 10.1 Å². The van der Waals surface area contributed by atoms with E-state index in [1.165, 1.54) is 0 Å². The van der Waals surface area contributed by atoms with E-state index in [4.69, 9.17) is 9.47 Å². The van der Waals surface area contributed by atoms with Gasteiger partial charge in [-0.05, 0) is 26.2 Å². The number of Topliss-reactive ketones (excluding diaryl/α,β-unsaturated/α-hetero) is 1. The van der Waals surface area contributed by atoms with Crippen LogP contribution in [0, 0.1) is 34.5 Å². The highest BCUT2D eigenvalue weighted by Gasteiger charge is 2.56. The molecule has 2 aliphatic rings. The van der Waals surface area contributed by atoms with Gasteiger partial charge in [0.05, 0.1) is 24.7 Å². The summed E-state index contributed by atoms with van der Waals surface area (Å²) in [6.07, 6.45) is 0.260. The van der Waals surface area contributed by atoms with Gasteiger partial charge in [-0.15, -0.1) is 0 Å². The lowest BCUT2D eigenvalue weighted by Crippen LogP contribution is -2.53. The molecule has 1 aliphatic carbocycles. The predicted octanol–water partition coefficient (Wildman–Crippen LogP) is 2.31. The minimum atomic E-state index is -0.733. The van der Waals surface area contributed by atoms with Crippen LogP contribution in [0.15, 0.2) is 12.2 Å². The minimum absolute atomic E-state index is 0.0537. The Kier molecular flexibility index (Phi) is 3.80. The zero-order valence-electron chi connectivity index (χ0n) is 11.8. The normalized spacial score (nSPS) is 40.1. The number of rotatable bonds is 2. The second-order valence-corrected chi connectivity index (χ2v) is 5.92. The number of nitrogens with zero attached hydrogens (tertiary/aromatic N) is 1. The van der Waals surface area contributed by atoms with Crippen molar-refractivity contribution in [2.24, 2.45) is 23.2 Å². The van der Waals surface area contributed by atoms with Gasteiger partial charge in [0.25, 0.3) is 0 Å². The third-order valence-corrected chi connectivity index (χ3v) is 4.73. The number of ether oxygens (including phenoxy) is 2. The first kappa shape index (κ1) is 14.2. The van der Waals surface area contributed by atoms with Crippen LogP contribution in [0.1, 0.15) is 27.2 Å². The Morgan fingerprint density at radius 2 is 2.05 bits per heavy atom. The number of nitriles is 1. The molecule has 1 unspecified atom stereocenters. The van der Waals surface area contributed by atoms with Crippen molar-refractivity contribution in [1.82, 2.24) is 0 Å². The van der Waals surface area contributed by atoms with Crippen LogP contribution in [-0.2, 0) is 14.3 Å². The van der Waals surface area contributed by atoms with Crippen LogP contribution in [-0.4, -0.2) is 25.3 Å². The van der Waals surface area contributed by atoms with E-state index in [0.717, 1.165) is 12.0 Å². The van der Waals surface area contributed by atoms with Crippen LogP contribution in [0.2, 0.25) is 0 Å². The third kappa shape index (κ3) is 2.11. The van der Waals surface area contributed by atoms with E-state index < -0.39 is 17.6 Å². The average Bonchev–Trinajstić information content (AvgIpc) is 2.89. The van der Waals surface area contributed by atoms with Gasteiger partial charge in [0.1, 0.15) is 5.92 Å². The van der Waals surface area contributed by atoms with Crippen molar-refractivity contribution in [3.63, 3.8) is 0 Å². The summed E-state index contributed by atoms with van der Waals surface area (Å²) < 4.78 is 11.1. The van der Waals surface area contributed by atoms with Gasteiger partial charge in [0.2, 0.25) is 0 Å². The maximum Gasteiger partial charge on any atom is 0.170 e. The molecule has 4 nitrogen and oxygen atoms in total. The molecule has 0 aromatic carbocycles. The Bertz CT molecular complexity index is 433. The molecule has 2 fully saturated rings. The summed E-state index contributed by atoms with van der Waals surface area (Å²) in [6.45, 7) is 10.7. The van der Waals surface area contributed by atoms with E-state index in [0.29, 0.717) is 13.2 Å². The number of hydrogen-bond acceptors (Lipinski definition) is 4. The molecule has 0 spiro atoms. The molecule has 0 aromatic heterocycles. The standard InChI is InChI=1S/C15H21NO3/c1-9(2)11-7-10(3)15(4,13(17)12(11)8-16)14-18-5-6-19-14/h10-12,14H,1,5-7H2,2-4H3/t10-,11+,12?,15+/m1/s1. The summed E-state index contributed by atoms with van der Waals surface area (Å²) >= 11 is 0. The van der Waals surface area contributed by atoms with E-state index >= 15 is 0 Å². The van der Waals surface area contributed by atoms with Gasteiger partial charge in [-0.25, -0.2) is 0 Å². The molecule has 0 N–H and O–H groups in total. The summed E-state index contributed by atoms with van der Waals surface area (Å²) in [4.78, 5) is 12.8. The molecule has 2 rings (SSSR count). The van der Waals surface area contributed by atoms with Crippen molar-refractivity contribution in [2.45, 2.75) is 33.5 Å². The van der Waals surface area contributed by atoms with Gasteiger partial charge in [-0.3, -0.25) is 4.79 Å². The molecular formula is C15H21NO3. The van der Waals surface area contributed by atoms with Crippen molar-refractivity contribution in [1.29, 1.82) is 5.26 Å². The third-order valence-electron chi connectivity index (χ3n) is 4.73. The number of hydrogen-bond donors (Lipinski definition) is 0. The van der Waals surface area contributed by atoms with Crippen LogP contribution < -0.4 is 0 Å². The first-order valence-corrected chi connectivity index (χ1v) is 6.75. The molecular weight excluding hydrogens is 242 g/mol. The van der Waals surface area contributed by atoms with Gasteiger partial charge < -0.3 is 9.47 Å². The number of ketones is 1. The molecule has 19 heavy (non-hydrogen) atoms. The molecule has 1 aliphatic heterocycles. The van der Waals surface area contributed by atoms with Crippen LogP contribution in [0.3, 0.4) is 0 Å². The summed E-state index contributed by atoms with van der Waals surface area (Å²) in [5.41, 5.74) is 0.171. The first-order chi connectivity index (χ1) is 8.92. The Labute approximate surface area is 114 Å². The van der Waals surface area contributed by atoms with Crippen LogP contribution in [0.4, 0.5) is 0 Å². The maximum absolute atomic E-state index is 12.8. The molecule has 0 radical (unpaired) electrons. The van der Waals surface area contributed by atoms with Crippen molar-refractivity contribution < 1.29 is 14.3 Å². The molecule has 1 saturated carbocycles. The van der Waals surface area contributed by atoms with E-state index in [1.807, 2.05) is 20.8 Å². The second-order valence-electron chi connectivity index (χ2n) is 5.92. The van der Waals surface area contributed by atoms with Gasteiger partial charge >= 0.3 is 0 Å². The predicted molar refractivity (Wildman–Crippen MR) is 70.0 cm³/mol. The Balaban J connectivity index is 2.34. The molecule has 4 heteroatoms. The fraction of sp³-hybridized carbons (Fsp3) is 0.733. The van der Waals surface area contributed by atoms with Crippen LogP contribution >= 0.6 is 0 Å². The molecule has 1 saturated heterocycles. The summed E-state index contributed by atoms with van der Waals surface area (Å²) in [5, 5.41) is 9.35. The lowest BCUT2D eigenvalue weighted by Gasteiger charge is -2.45. The van der Waals surface area contributed by atoms with E-state index in [1.54, 1.807) is 0 Å². The monoisotopic (exact) mass is 263 g/mol. The fourth-order valence-corrected chi connectivity index (χ4v) is 3.21. The van der Waals surface area contributed by atoms with Crippen molar-refractivity contribution >= 4 is 5.78 Å². The van der Waals surface area contributed by atoms with E-state index in [-0.39, 0.29) is 17.6 Å². The number of allylic oxidation sites excluding steroid dienone is 1. The molecule has 0 amide bonds. The van der Waals surface area contributed by atoms with Crippen molar-refractivity contribution in [2.75, 3.05) is 13.2 Å². The van der Waals surface area contributed by atoms with Gasteiger partial charge in [-0.2, -0.15) is 5.26 Å². The first-order valence-electron chi connectivity index (χ1n) is 6.75. The van der Waals surface area contributed by atoms with Gasteiger partial charge in [0, 0.05) is 5.92 Å². The molecule has 0 aromatic rings. The number of carbonyl (C=O) groups is 1. The highest BCUT2D eigenvalue weighted by atomic mass is 16.7. The topological polar surface area (TPSA) is 59.3 Å². The van der Waals surface area contributed by atoms with Gasteiger partial charge in [0.15, 0.2) is 12.1 Å².